The maximum absolute atomic E-state index is 12.9. The van der Waals surface area contributed by atoms with Crippen LogP contribution in [0.4, 0.5) is 4.39 Å². The first-order valence-electron chi connectivity index (χ1n) is 6.72. The van der Waals surface area contributed by atoms with Crippen molar-refractivity contribution in [1.29, 1.82) is 0 Å². The first-order chi connectivity index (χ1) is 10.2. The molecule has 1 aromatic carbocycles. The van der Waals surface area contributed by atoms with Crippen LogP contribution < -0.4 is 0 Å². The Balaban J connectivity index is 2.02. The highest BCUT2D eigenvalue weighted by atomic mass is 32.2. The first-order valence-corrected chi connectivity index (χ1v) is 9.35. The number of halogens is 1. The van der Waals surface area contributed by atoms with Crippen LogP contribution in [-0.2, 0) is 15.4 Å². The molecule has 0 N–H and O–H groups in total. The van der Waals surface area contributed by atoms with E-state index >= 15 is 0 Å². The third kappa shape index (κ3) is 4.07. The molecule has 0 saturated heterocycles. The maximum Gasteiger partial charge on any atom is 0.191 e. The minimum Gasteiger partial charge on any atom is -0.303 e. The van der Waals surface area contributed by atoms with Crippen molar-refractivity contribution in [2.24, 2.45) is 0 Å². The standard InChI is InChI=1S/C14H18FN3O2S2/c1-14(2,3)18-10-16-17-13(18)21-8-9-22(19,20)12-6-4-11(15)5-7-12/h4-7,10H,8-9H2,1-3H3. The summed E-state index contributed by atoms with van der Waals surface area (Å²) in [6.07, 6.45) is 1.64. The van der Waals surface area contributed by atoms with Crippen LogP contribution in [0.2, 0.25) is 0 Å². The Morgan fingerprint density at radius 2 is 1.86 bits per heavy atom. The molecule has 22 heavy (non-hydrogen) atoms. The van der Waals surface area contributed by atoms with E-state index in [-0.39, 0.29) is 16.2 Å². The lowest BCUT2D eigenvalue weighted by Gasteiger charge is -2.21. The van der Waals surface area contributed by atoms with E-state index < -0.39 is 15.7 Å². The number of rotatable bonds is 5. The van der Waals surface area contributed by atoms with E-state index in [1.807, 2.05) is 25.3 Å². The summed E-state index contributed by atoms with van der Waals surface area (Å²) < 4.78 is 39.1. The van der Waals surface area contributed by atoms with Gasteiger partial charge in [0.25, 0.3) is 0 Å². The average molecular weight is 343 g/mol. The Bertz CT molecular complexity index is 734. The van der Waals surface area contributed by atoms with Crippen molar-refractivity contribution in [3.8, 4) is 0 Å². The number of sulfone groups is 1. The quantitative estimate of drug-likeness (QED) is 0.617. The lowest BCUT2D eigenvalue weighted by molar-refractivity contribution is 0.367. The number of aromatic nitrogens is 3. The van der Waals surface area contributed by atoms with E-state index in [1.54, 1.807) is 6.33 Å². The van der Waals surface area contributed by atoms with Crippen LogP contribution in [0.5, 0.6) is 0 Å². The third-order valence-corrected chi connectivity index (χ3v) is 5.93. The molecule has 1 heterocycles. The van der Waals surface area contributed by atoms with Gasteiger partial charge in [-0.05, 0) is 45.0 Å². The first kappa shape index (κ1) is 17.0. The topological polar surface area (TPSA) is 64.8 Å². The number of benzene rings is 1. The van der Waals surface area contributed by atoms with Gasteiger partial charge in [-0.25, -0.2) is 12.8 Å². The largest absolute Gasteiger partial charge is 0.303 e. The molecule has 1 aromatic heterocycles. The van der Waals surface area contributed by atoms with Crippen molar-refractivity contribution >= 4 is 21.6 Å². The van der Waals surface area contributed by atoms with Crippen LogP contribution in [-0.4, -0.2) is 34.7 Å². The fourth-order valence-corrected chi connectivity index (χ4v) is 4.53. The molecule has 0 fully saturated rings. The molecule has 0 unspecified atom stereocenters. The molecule has 0 radical (unpaired) electrons. The Morgan fingerprint density at radius 1 is 1.23 bits per heavy atom. The molecule has 2 rings (SSSR count). The summed E-state index contributed by atoms with van der Waals surface area (Å²) in [7, 11) is -3.42. The van der Waals surface area contributed by atoms with Gasteiger partial charge in [-0.2, -0.15) is 0 Å². The van der Waals surface area contributed by atoms with Crippen LogP contribution in [0.3, 0.4) is 0 Å². The van der Waals surface area contributed by atoms with Gasteiger partial charge in [-0.1, -0.05) is 11.8 Å². The zero-order valence-corrected chi connectivity index (χ0v) is 14.3. The monoisotopic (exact) mass is 343 g/mol. The normalized spacial score (nSPS) is 12.5. The van der Waals surface area contributed by atoms with Crippen molar-refractivity contribution in [2.45, 2.75) is 36.4 Å². The van der Waals surface area contributed by atoms with Gasteiger partial charge in [0.15, 0.2) is 15.0 Å². The summed E-state index contributed by atoms with van der Waals surface area (Å²) in [6, 6.07) is 4.87. The zero-order valence-electron chi connectivity index (χ0n) is 12.7. The fourth-order valence-electron chi connectivity index (χ4n) is 1.79. The smallest absolute Gasteiger partial charge is 0.191 e. The molecule has 2 aromatic rings. The molecule has 0 saturated carbocycles. The molecule has 0 aliphatic rings. The SMILES string of the molecule is CC(C)(C)n1cnnc1SCCS(=O)(=O)c1ccc(F)cc1. The van der Waals surface area contributed by atoms with Gasteiger partial charge in [0.05, 0.1) is 10.6 Å². The molecule has 0 spiro atoms. The number of hydrogen-bond donors (Lipinski definition) is 0. The second-order valence-corrected chi connectivity index (χ2v) is 8.95. The Kier molecular flexibility index (Phi) is 4.91. The zero-order chi connectivity index (χ0) is 16.4. The van der Waals surface area contributed by atoms with E-state index in [1.165, 1.54) is 23.9 Å². The molecule has 120 valence electrons. The summed E-state index contributed by atoms with van der Waals surface area (Å²) in [6.45, 7) is 6.07. The number of nitrogens with zero attached hydrogens (tertiary/aromatic N) is 3. The Labute approximate surface area is 133 Å². The molecule has 8 heteroatoms. The highest BCUT2D eigenvalue weighted by Crippen LogP contribution is 2.23. The second kappa shape index (κ2) is 6.37. The minimum atomic E-state index is -3.42. The molecule has 0 atom stereocenters. The summed E-state index contributed by atoms with van der Waals surface area (Å²) in [4.78, 5) is 0.131. The Morgan fingerprint density at radius 3 is 2.45 bits per heavy atom. The molecule has 0 amide bonds. The van der Waals surface area contributed by atoms with Gasteiger partial charge < -0.3 is 4.57 Å². The van der Waals surface area contributed by atoms with Gasteiger partial charge in [0.1, 0.15) is 12.1 Å². The van der Waals surface area contributed by atoms with Crippen molar-refractivity contribution in [3.63, 3.8) is 0 Å². The van der Waals surface area contributed by atoms with Crippen LogP contribution in [0.1, 0.15) is 20.8 Å². The predicted molar refractivity (Wildman–Crippen MR) is 84.2 cm³/mol. The van der Waals surface area contributed by atoms with Crippen molar-refractivity contribution in [2.75, 3.05) is 11.5 Å². The fraction of sp³-hybridized carbons (Fsp3) is 0.429. The van der Waals surface area contributed by atoms with Crippen molar-refractivity contribution < 1.29 is 12.8 Å². The van der Waals surface area contributed by atoms with Crippen LogP contribution in [0.25, 0.3) is 0 Å². The molecule has 0 aliphatic heterocycles. The van der Waals surface area contributed by atoms with Gasteiger partial charge in [0.2, 0.25) is 0 Å². The van der Waals surface area contributed by atoms with E-state index in [2.05, 4.69) is 10.2 Å². The molecular formula is C14H18FN3O2S2. The summed E-state index contributed by atoms with van der Waals surface area (Å²) in [5.41, 5.74) is -0.165. The molecule has 0 aliphatic carbocycles. The van der Waals surface area contributed by atoms with Crippen LogP contribution >= 0.6 is 11.8 Å². The van der Waals surface area contributed by atoms with Crippen LogP contribution in [0.15, 0.2) is 40.6 Å². The van der Waals surface area contributed by atoms with Crippen molar-refractivity contribution in [1.82, 2.24) is 14.8 Å². The molecule has 5 nitrogen and oxygen atoms in total. The summed E-state index contributed by atoms with van der Waals surface area (Å²) >= 11 is 1.34. The molecule has 0 bridgehead atoms. The van der Waals surface area contributed by atoms with Gasteiger partial charge in [-0.15, -0.1) is 10.2 Å². The second-order valence-electron chi connectivity index (χ2n) is 5.78. The maximum atomic E-state index is 12.9. The average Bonchev–Trinajstić information content (AvgIpc) is 2.87. The number of thioether (sulfide) groups is 1. The van der Waals surface area contributed by atoms with E-state index in [4.69, 9.17) is 0 Å². The number of hydrogen-bond acceptors (Lipinski definition) is 5. The van der Waals surface area contributed by atoms with Gasteiger partial charge in [0, 0.05) is 11.3 Å². The predicted octanol–water partition coefficient (Wildman–Crippen LogP) is 2.74. The molecular weight excluding hydrogens is 325 g/mol. The summed E-state index contributed by atoms with van der Waals surface area (Å²) in [5, 5.41) is 8.57. The third-order valence-electron chi connectivity index (χ3n) is 3.00. The van der Waals surface area contributed by atoms with Gasteiger partial charge in [-0.3, -0.25) is 0 Å². The van der Waals surface area contributed by atoms with E-state index in [0.717, 1.165) is 12.1 Å². The van der Waals surface area contributed by atoms with Crippen LogP contribution in [0, 0.1) is 5.82 Å². The highest BCUT2D eigenvalue weighted by Gasteiger charge is 2.19. The van der Waals surface area contributed by atoms with E-state index in [0.29, 0.717) is 10.9 Å². The lowest BCUT2D eigenvalue weighted by atomic mass is 10.1. The Hall–Kier alpha value is -1.41. The summed E-state index contributed by atoms with van der Waals surface area (Å²) in [5.74, 6) is -0.138. The minimum absolute atomic E-state index is 0.0414. The van der Waals surface area contributed by atoms with Crippen molar-refractivity contribution in [3.05, 3.63) is 36.4 Å². The van der Waals surface area contributed by atoms with Gasteiger partial charge >= 0.3 is 0 Å². The van der Waals surface area contributed by atoms with E-state index in [9.17, 15) is 12.8 Å². The highest BCUT2D eigenvalue weighted by molar-refractivity contribution is 8.00. The lowest BCUT2D eigenvalue weighted by Crippen LogP contribution is -2.22.